The summed E-state index contributed by atoms with van der Waals surface area (Å²) in [6.07, 6.45) is 1.43. The van der Waals surface area contributed by atoms with E-state index >= 15 is 0 Å². The van der Waals surface area contributed by atoms with Gasteiger partial charge in [-0.1, -0.05) is 12.1 Å². The molecule has 2 rings (SSSR count). The van der Waals surface area contributed by atoms with Crippen molar-refractivity contribution in [2.24, 2.45) is 0 Å². The van der Waals surface area contributed by atoms with E-state index in [0.717, 1.165) is 37.6 Å². The molecule has 0 spiro atoms. The number of nitrogens with zero attached hydrogens (tertiary/aromatic N) is 2. The van der Waals surface area contributed by atoms with Crippen LogP contribution in [-0.2, 0) is 11.3 Å². The number of morpholine rings is 1. The summed E-state index contributed by atoms with van der Waals surface area (Å²) in [5, 5.41) is 4.05. The fraction of sp³-hybridized carbons (Fsp3) is 0.750. The van der Waals surface area contributed by atoms with Gasteiger partial charge in [-0.3, -0.25) is 4.90 Å². The molecule has 0 amide bonds. The maximum Gasteiger partial charge on any atom is 0.133 e. The van der Waals surface area contributed by atoms with Gasteiger partial charge in [-0.2, -0.15) is 0 Å². The number of hydrogen-bond acceptors (Lipinski definition) is 4. The minimum absolute atomic E-state index is 0.316. The molecule has 1 aromatic rings. The number of rotatable bonds is 3. The average molecular weight is 224 g/mol. The molecule has 1 aliphatic heterocycles. The molecule has 0 aliphatic carbocycles. The quantitative estimate of drug-likeness (QED) is 0.787. The Bertz CT molecular complexity index is 338. The molecule has 0 saturated carbocycles. The first-order chi connectivity index (χ1) is 7.69. The first-order valence-corrected chi connectivity index (χ1v) is 5.97. The minimum atomic E-state index is 0.316. The van der Waals surface area contributed by atoms with Crippen molar-refractivity contribution in [3.63, 3.8) is 0 Å². The van der Waals surface area contributed by atoms with E-state index in [1.807, 2.05) is 13.0 Å². The standard InChI is InChI=1S/C12H20N2O2/c1-4-12-8-15-10(3)6-14(12)7-11-5-9(2)16-13-11/h5,10,12H,4,6-8H2,1-3H3/t10-,12+/m0/s1. The maximum absolute atomic E-state index is 5.67. The van der Waals surface area contributed by atoms with Crippen molar-refractivity contribution in [3.8, 4) is 0 Å². The van der Waals surface area contributed by atoms with Crippen LogP contribution in [0.1, 0.15) is 31.7 Å². The highest BCUT2D eigenvalue weighted by Gasteiger charge is 2.26. The number of ether oxygens (including phenoxy) is 1. The zero-order chi connectivity index (χ0) is 11.5. The smallest absolute Gasteiger partial charge is 0.133 e. The van der Waals surface area contributed by atoms with Gasteiger partial charge in [-0.05, 0) is 20.3 Å². The highest BCUT2D eigenvalue weighted by Crippen LogP contribution is 2.17. The Balaban J connectivity index is 2.00. The van der Waals surface area contributed by atoms with Gasteiger partial charge in [-0.25, -0.2) is 0 Å². The van der Waals surface area contributed by atoms with Gasteiger partial charge in [0.1, 0.15) is 5.76 Å². The molecular weight excluding hydrogens is 204 g/mol. The monoisotopic (exact) mass is 224 g/mol. The van der Waals surface area contributed by atoms with Crippen molar-refractivity contribution in [3.05, 3.63) is 17.5 Å². The molecule has 0 unspecified atom stereocenters. The fourth-order valence-corrected chi connectivity index (χ4v) is 2.18. The average Bonchev–Trinajstić information content (AvgIpc) is 2.64. The summed E-state index contributed by atoms with van der Waals surface area (Å²) in [4.78, 5) is 2.44. The molecule has 1 saturated heterocycles. The zero-order valence-electron chi connectivity index (χ0n) is 10.3. The Morgan fingerprint density at radius 2 is 2.38 bits per heavy atom. The number of aryl methyl sites for hydroxylation is 1. The minimum Gasteiger partial charge on any atom is -0.376 e. The lowest BCUT2D eigenvalue weighted by Crippen LogP contribution is -2.47. The lowest BCUT2D eigenvalue weighted by atomic mass is 10.1. The van der Waals surface area contributed by atoms with Gasteiger partial charge in [-0.15, -0.1) is 0 Å². The Kier molecular flexibility index (Phi) is 3.61. The van der Waals surface area contributed by atoms with Crippen molar-refractivity contribution in [2.45, 2.75) is 45.9 Å². The van der Waals surface area contributed by atoms with Crippen LogP contribution in [0, 0.1) is 6.92 Å². The molecule has 2 heterocycles. The predicted octanol–water partition coefficient (Wildman–Crippen LogP) is 1.98. The third-order valence-corrected chi connectivity index (χ3v) is 3.09. The van der Waals surface area contributed by atoms with E-state index in [4.69, 9.17) is 9.26 Å². The molecule has 1 aromatic heterocycles. The van der Waals surface area contributed by atoms with Crippen molar-refractivity contribution in [2.75, 3.05) is 13.2 Å². The highest BCUT2D eigenvalue weighted by atomic mass is 16.5. The second-order valence-electron chi connectivity index (χ2n) is 4.56. The third-order valence-electron chi connectivity index (χ3n) is 3.09. The Labute approximate surface area is 96.5 Å². The van der Waals surface area contributed by atoms with Gasteiger partial charge in [0.05, 0.1) is 18.4 Å². The molecular formula is C12H20N2O2. The first-order valence-electron chi connectivity index (χ1n) is 5.97. The van der Waals surface area contributed by atoms with Crippen molar-refractivity contribution in [1.29, 1.82) is 0 Å². The molecule has 16 heavy (non-hydrogen) atoms. The van der Waals surface area contributed by atoms with E-state index in [1.165, 1.54) is 0 Å². The molecule has 0 aromatic carbocycles. The number of hydrogen-bond donors (Lipinski definition) is 0. The second-order valence-corrected chi connectivity index (χ2v) is 4.56. The van der Waals surface area contributed by atoms with Crippen LogP contribution in [0.5, 0.6) is 0 Å². The van der Waals surface area contributed by atoms with Gasteiger partial charge in [0, 0.05) is 25.2 Å². The molecule has 0 N–H and O–H groups in total. The Hall–Kier alpha value is -0.870. The summed E-state index contributed by atoms with van der Waals surface area (Å²) in [5.74, 6) is 0.879. The molecule has 90 valence electrons. The molecule has 0 bridgehead atoms. The van der Waals surface area contributed by atoms with Gasteiger partial charge in [0.2, 0.25) is 0 Å². The van der Waals surface area contributed by atoms with E-state index in [9.17, 15) is 0 Å². The Morgan fingerprint density at radius 3 is 3.00 bits per heavy atom. The van der Waals surface area contributed by atoms with E-state index in [1.54, 1.807) is 0 Å². The van der Waals surface area contributed by atoms with Crippen LogP contribution >= 0.6 is 0 Å². The van der Waals surface area contributed by atoms with Crippen LogP contribution in [0.3, 0.4) is 0 Å². The van der Waals surface area contributed by atoms with Crippen molar-refractivity contribution >= 4 is 0 Å². The second kappa shape index (κ2) is 4.97. The number of aromatic nitrogens is 1. The lowest BCUT2D eigenvalue weighted by Gasteiger charge is -2.37. The van der Waals surface area contributed by atoms with Gasteiger partial charge in [0.15, 0.2) is 0 Å². The zero-order valence-corrected chi connectivity index (χ0v) is 10.3. The summed E-state index contributed by atoms with van der Waals surface area (Å²) in [6.45, 7) is 8.91. The van der Waals surface area contributed by atoms with Gasteiger partial charge < -0.3 is 9.26 Å². The SMILES string of the molecule is CC[C@@H]1CO[C@@H](C)CN1Cc1cc(C)on1. The van der Waals surface area contributed by atoms with Crippen LogP contribution in [0.15, 0.2) is 10.6 Å². The van der Waals surface area contributed by atoms with Crippen LogP contribution in [0.25, 0.3) is 0 Å². The van der Waals surface area contributed by atoms with Crippen molar-refractivity contribution in [1.82, 2.24) is 10.1 Å². The Morgan fingerprint density at radius 1 is 1.56 bits per heavy atom. The first kappa shape index (κ1) is 11.6. The summed E-state index contributed by atoms with van der Waals surface area (Å²) >= 11 is 0. The fourth-order valence-electron chi connectivity index (χ4n) is 2.18. The molecule has 1 fully saturated rings. The maximum atomic E-state index is 5.67. The van der Waals surface area contributed by atoms with Crippen molar-refractivity contribution < 1.29 is 9.26 Å². The molecule has 2 atom stereocenters. The van der Waals surface area contributed by atoms with E-state index in [-0.39, 0.29) is 0 Å². The largest absolute Gasteiger partial charge is 0.376 e. The lowest BCUT2D eigenvalue weighted by molar-refractivity contribution is -0.0598. The topological polar surface area (TPSA) is 38.5 Å². The van der Waals surface area contributed by atoms with Gasteiger partial charge in [0.25, 0.3) is 0 Å². The molecule has 4 heteroatoms. The normalized spacial score (nSPS) is 27.2. The summed E-state index contributed by atoms with van der Waals surface area (Å²) in [6, 6.07) is 2.51. The summed E-state index contributed by atoms with van der Waals surface area (Å²) in [7, 11) is 0. The summed E-state index contributed by atoms with van der Waals surface area (Å²) in [5.41, 5.74) is 1.02. The summed E-state index contributed by atoms with van der Waals surface area (Å²) < 4.78 is 10.8. The van der Waals surface area contributed by atoms with E-state index < -0.39 is 0 Å². The third kappa shape index (κ3) is 2.62. The molecule has 1 aliphatic rings. The van der Waals surface area contributed by atoms with Crippen LogP contribution < -0.4 is 0 Å². The van der Waals surface area contributed by atoms with Crippen LogP contribution in [0.4, 0.5) is 0 Å². The van der Waals surface area contributed by atoms with Crippen LogP contribution in [-0.4, -0.2) is 35.4 Å². The van der Waals surface area contributed by atoms with E-state index in [0.29, 0.717) is 12.1 Å². The molecule has 0 radical (unpaired) electrons. The van der Waals surface area contributed by atoms with E-state index in [2.05, 4.69) is 23.9 Å². The van der Waals surface area contributed by atoms with Gasteiger partial charge >= 0.3 is 0 Å². The molecule has 4 nitrogen and oxygen atoms in total. The predicted molar refractivity (Wildman–Crippen MR) is 61.1 cm³/mol. The van der Waals surface area contributed by atoms with Crippen LogP contribution in [0.2, 0.25) is 0 Å². The highest BCUT2D eigenvalue weighted by molar-refractivity contribution is 5.03.